The molecule has 258 valence electrons. The molecule has 1 saturated carbocycles. The highest BCUT2D eigenvalue weighted by atomic mass is 32.2. The van der Waals surface area contributed by atoms with E-state index in [1.807, 2.05) is 89.3 Å². The van der Waals surface area contributed by atoms with E-state index in [1.54, 1.807) is 0 Å². The van der Waals surface area contributed by atoms with E-state index in [-0.39, 0.29) is 32.1 Å². The van der Waals surface area contributed by atoms with Crippen LogP contribution in [-0.4, -0.2) is 21.3 Å². The SMILES string of the molecule is CC(C)(CC1CCCCC1)Sc1ccc(NC(=O)C(C)(C)C)cc1.CCCCCC(C)(C)Sc1ccc(NC(=O)C(C)(C)C)cc1. The van der Waals surface area contributed by atoms with Crippen molar-refractivity contribution in [1.82, 2.24) is 0 Å². The Balaban J connectivity index is 0.000000322. The maximum Gasteiger partial charge on any atom is 0.229 e. The monoisotopic (exact) mass is 668 g/mol. The van der Waals surface area contributed by atoms with E-state index in [0.717, 1.165) is 17.3 Å². The van der Waals surface area contributed by atoms with Gasteiger partial charge >= 0.3 is 0 Å². The molecule has 0 atom stereocenters. The molecule has 0 aliphatic heterocycles. The summed E-state index contributed by atoms with van der Waals surface area (Å²) in [5.41, 5.74) is 1.02. The molecule has 1 aliphatic rings. The number of hydrogen-bond acceptors (Lipinski definition) is 4. The van der Waals surface area contributed by atoms with E-state index in [0.29, 0.717) is 0 Å². The van der Waals surface area contributed by atoms with E-state index in [1.165, 1.54) is 74.0 Å². The lowest BCUT2D eigenvalue weighted by Crippen LogP contribution is -2.27. The van der Waals surface area contributed by atoms with Crippen LogP contribution in [-0.2, 0) is 9.59 Å². The van der Waals surface area contributed by atoms with Gasteiger partial charge in [0, 0.05) is 41.5 Å². The van der Waals surface area contributed by atoms with Crippen LogP contribution in [0.1, 0.15) is 140 Å². The van der Waals surface area contributed by atoms with Gasteiger partial charge in [0.1, 0.15) is 0 Å². The van der Waals surface area contributed by atoms with Gasteiger partial charge in [-0.05, 0) is 67.3 Å². The molecule has 1 fully saturated rings. The molecule has 0 spiro atoms. The number of carbonyl (C=O) groups excluding carboxylic acids is 2. The molecule has 1 aliphatic carbocycles. The average Bonchev–Trinajstić information content (AvgIpc) is 2.94. The van der Waals surface area contributed by atoms with Gasteiger partial charge in [-0.1, -0.05) is 128 Å². The number of benzene rings is 2. The Labute approximate surface area is 290 Å². The second kappa shape index (κ2) is 18.0. The fourth-order valence-corrected chi connectivity index (χ4v) is 7.85. The molecule has 2 amide bonds. The molecule has 2 aromatic rings. The molecule has 2 N–H and O–H groups in total. The standard InChI is InChI=1S/C21H33NOS.C19H31NOS/c1-20(2,3)19(23)22-17-11-13-18(14-12-17)24-21(4,5)15-16-9-7-6-8-10-16;1-7-8-9-14-19(5,6)22-16-12-10-15(11-13-16)20-17(21)18(2,3)4/h11-14,16H,6-10,15H2,1-5H3,(H,22,23);10-13H,7-9,14H2,1-6H3,(H,20,21). The third-order valence-corrected chi connectivity index (χ3v) is 10.8. The molecular formula is C40H64N2O2S2. The number of amides is 2. The predicted octanol–water partition coefficient (Wildman–Crippen LogP) is 12.6. The van der Waals surface area contributed by atoms with Crippen LogP contribution in [0.4, 0.5) is 11.4 Å². The van der Waals surface area contributed by atoms with Crippen LogP contribution >= 0.6 is 23.5 Å². The summed E-state index contributed by atoms with van der Waals surface area (Å²) in [5.74, 6) is 1.000. The quantitative estimate of drug-likeness (QED) is 0.175. The zero-order valence-electron chi connectivity index (χ0n) is 30.9. The first-order chi connectivity index (χ1) is 21.3. The number of thioether (sulfide) groups is 2. The van der Waals surface area contributed by atoms with Gasteiger partial charge in [0.2, 0.25) is 11.8 Å². The normalized spacial score (nSPS) is 14.7. The summed E-state index contributed by atoms with van der Waals surface area (Å²) in [6.07, 6.45) is 13.4. The molecule has 0 aromatic heterocycles. The Bertz CT molecular complexity index is 1200. The number of rotatable bonds is 12. The van der Waals surface area contributed by atoms with Gasteiger partial charge in [-0.25, -0.2) is 0 Å². The van der Waals surface area contributed by atoms with E-state index < -0.39 is 0 Å². The molecule has 4 nitrogen and oxygen atoms in total. The van der Waals surface area contributed by atoms with Crippen molar-refractivity contribution in [3.63, 3.8) is 0 Å². The summed E-state index contributed by atoms with van der Waals surface area (Å²) < 4.78 is 0.517. The summed E-state index contributed by atoms with van der Waals surface area (Å²) in [7, 11) is 0. The molecule has 6 heteroatoms. The van der Waals surface area contributed by atoms with E-state index in [2.05, 4.69) is 69.5 Å². The Morgan fingerprint density at radius 2 is 1.04 bits per heavy atom. The van der Waals surface area contributed by atoms with Crippen LogP contribution in [0.15, 0.2) is 58.3 Å². The number of hydrogen-bond donors (Lipinski definition) is 2. The molecule has 46 heavy (non-hydrogen) atoms. The predicted molar refractivity (Wildman–Crippen MR) is 204 cm³/mol. The van der Waals surface area contributed by atoms with E-state index >= 15 is 0 Å². The molecule has 3 rings (SSSR count). The molecule has 2 aromatic carbocycles. The molecule has 0 radical (unpaired) electrons. The molecular weight excluding hydrogens is 605 g/mol. The number of carbonyl (C=O) groups is 2. The van der Waals surface area contributed by atoms with Crippen molar-refractivity contribution >= 4 is 46.7 Å². The van der Waals surface area contributed by atoms with Crippen LogP contribution in [0.5, 0.6) is 0 Å². The van der Waals surface area contributed by atoms with Crippen molar-refractivity contribution in [2.45, 2.75) is 160 Å². The molecule has 0 saturated heterocycles. The van der Waals surface area contributed by atoms with Crippen molar-refractivity contribution in [2.75, 3.05) is 10.6 Å². The highest BCUT2D eigenvalue weighted by molar-refractivity contribution is 8.00. The lowest BCUT2D eigenvalue weighted by molar-refractivity contribution is -0.123. The molecule has 0 unspecified atom stereocenters. The van der Waals surface area contributed by atoms with Crippen molar-refractivity contribution in [2.24, 2.45) is 16.7 Å². The summed E-state index contributed by atoms with van der Waals surface area (Å²) in [4.78, 5) is 26.6. The summed E-state index contributed by atoms with van der Waals surface area (Å²) in [6, 6.07) is 16.5. The fourth-order valence-electron chi connectivity index (χ4n) is 5.47. The lowest BCUT2D eigenvalue weighted by atomic mass is 9.83. The maximum absolute atomic E-state index is 12.1. The molecule has 0 heterocycles. The van der Waals surface area contributed by atoms with Crippen molar-refractivity contribution in [3.8, 4) is 0 Å². The van der Waals surface area contributed by atoms with Gasteiger partial charge in [-0.15, -0.1) is 23.5 Å². The van der Waals surface area contributed by atoms with E-state index in [9.17, 15) is 9.59 Å². The minimum atomic E-state index is -0.366. The first kappa shape index (κ1) is 40.3. The van der Waals surface area contributed by atoms with E-state index in [4.69, 9.17) is 0 Å². The summed E-state index contributed by atoms with van der Waals surface area (Å²) in [6.45, 7) is 23.1. The van der Waals surface area contributed by atoms with Gasteiger partial charge in [0.15, 0.2) is 0 Å². The topological polar surface area (TPSA) is 58.2 Å². The number of nitrogens with one attached hydrogen (secondary N) is 2. The Kier molecular flexibility index (Phi) is 15.8. The van der Waals surface area contributed by atoms with Crippen LogP contribution in [0.3, 0.4) is 0 Å². The second-order valence-electron chi connectivity index (χ2n) is 16.3. The Hall–Kier alpha value is -1.92. The first-order valence-electron chi connectivity index (χ1n) is 17.5. The van der Waals surface area contributed by atoms with Crippen LogP contribution in [0.2, 0.25) is 0 Å². The third kappa shape index (κ3) is 15.8. The van der Waals surface area contributed by atoms with Gasteiger partial charge < -0.3 is 10.6 Å². The summed E-state index contributed by atoms with van der Waals surface area (Å²) >= 11 is 3.88. The number of unbranched alkanes of at least 4 members (excludes halogenated alkanes) is 2. The number of anilines is 2. The van der Waals surface area contributed by atoms with Crippen LogP contribution < -0.4 is 10.6 Å². The summed E-state index contributed by atoms with van der Waals surface area (Å²) in [5, 5.41) is 5.96. The Morgan fingerprint density at radius 1 is 0.630 bits per heavy atom. The highest BCUT2D eigenvalue weighted by Gasteiger charge is 2.26. The largest absolute Gasteiger partial charge is 0.326 e. The maximum atomic E-state index is 12.1. The fraction of sp³-hybridized carbons (Fsp3) is 0.650. The molecule has 0 bridgehead atoms. The lowest BCUT2D eigenvalue weighted by Gasteiger charge is -2.31. The minimum absolute atomic E-state index is 0.0489. The van der Waals surface area contributed by atoms with Crippen molar-refractivity contribution < 1.29 is 9.59 Å². The smallest absolute Gasteiger partial charge is 0.229 e. The van der Waals surface area contributed by atoms with Gasteiger partial charge in [0.25, 0.3) is 0 Å². The second-order valence-corrected chi connectivity index (χ2v) is 19.9. The first-order valence-corrected chi connectivity index (χ1v) is 19.1. The van der Waals surface area contributed by atoms with Gasteiger partial charge in [0.05, 0.1) is 0 Å². The zero-order chi connectivity index (χ0) is 34.6. The van der Waals surface area contributed by atoms with Gasteiger partial charge in [-0.2, -0.15) is 0 Å². The zero-order valence-corrected chi connectivity index (χ0v) is 32.5. The van der Waals surface area contributed by atoms with Crippen LogP contribution in [0.25, 0.3) is 0 Å². The third-order valence-electron chi connectivity index (χ3n) is 8.26. The highest BCUT2D eigenvalue weighted by Crippen LogP contribution is 2.41. The minimum Gasteiger partial charge on any atom is -0.326 e. The van der Waals surface area contributed by atoms with Gasteiger partial charge in [-0.3, -0.25) is 9.59 Å². The van der Waals surface area contributed by atoms with Crippen molar-refractivity contribution in [3.05, 3.63) is 48.5 Å². The van der Waals surface area contributed by atoms with Crippen LogP contribution in [0, 0.1) is 16.7 Å². The van der Waals surface area contributed by atoms with Crippen molar-refractivity contribution in [1.29, 1.82) is 0 Å². The Morgan fingerprint density at radius 3 is 1.43 bits per heavy atom. The average molecular weight is 669 g/mol.